The summed E-state index contributed by atoms with van der Waals surface area (Å²) in [5.74, 6) is -0.935. The van der Waals surface area contributed by atoms with Gasteiger partial charge in [0, 0.05) is 14.6 Å². The zero-order valence-corrected chi connectivity index (χ0v) is 13.9. The normalized spacial score (nSPS) is 13.6. The van der Waals surface area contributed by atoms with Crippen molar-refractivity contribution in [1.82, 2.24) is 0 Å². The number of benzene rings is 2. The molecule has 0 fully saturated rings. The molecule has 0 saturated heterocycles. The molecule has 0 amide bonds. The maximum Gasteiger partial charge on any atom is 0.333 e. The first-order chi connectivity index (χ1) is 9.41. The molecular weight excluding hydrogens is 386 g/mol. The molecule has 0 bridgehead atoms. The van der Waals surface area contributed by atoms with Gasteiger partial charge in [-0.3, -0.25) is 0 Å². The molecule has 2 rings (SSSR count). The van der Waals surface area contributed by atoms with Crippen LogP contribution in [-0.2, 0) is 10.3 Å². The van der Waals surface area contributed by atoms with Gasteiger partial charge in [0.1, 0.15) is 0 Å². The molecule has 0 aliphatic heterocycles. The Kier molecular flexibility index (Phi) is 4.50. The molecule has 1 atom stereocenters. The van der Waals surface area contributed by atoms with Crippen molar-refractivity contribution in [1.29, 1.82) is 0 Å². The Morgan fingerprint density at radius 3 is 2.25 bits per heavy atom. The van der Waals surface area contributed by atoms with Crippen molar-refractivity contribution in [3.63, 3.8) is 0 Å². The summed E-state index contributed by atoms with van der Waals surface area (Å²) >= 11 is 6.75. The average Bonchev–Trinajstić information content (AvgIpc) is 2.38. The van der Waals surface area contributed by atoms with E-state index in [1.165, 1.54) is 0 Å². The third-order valence-corrected chi connectivity index (χ3v) is 4.04. The van der Waals surface area contributed by atoms with Gasteiger partial charge in [-0.25, -0.2) is 4.79 Å². The highest BCUT2D eigenvalue weighted by atomic mass is 79.9. The van der Waals surface area contributed by atoms with E-state index in [2.05, 4.69) is 37.2 Å². The predicted octanol–water partition coefficient (Wildman–Crippen LogP) is 4.62. The van der Waals surface area contributed by atoms with E-state index in [9.17, 15) is 9.90 Å². The van der Waals surface area contributed by atoms with Gasteiger partial charge in [-0.15, -0.1) is 0 Å². The number of carbonyl (C=O) groups is 1. The molecule has 0 radical (unpaired) electrons. The molecule has 20 heavy (non-hydrogen) atoms. The second-order valence-electron chi connectivity index (χ2n) is 4.58. The van der Waals surface area contributed by atoms with Crippen molar-refractivity contribution in [3.8, 4) is 0 Å². The van der Waals surface area contributed by atoms with Gasteiger partial charge in [-0.05, 0) is 42.8 Å². The quantitative estimate of drug-likeness (QED) is 0.789. The molecule has 104 valence electrons. The summed E-state index contributed by atoms with van der Waals surface area (Å²) in [4.78, 5) is 11.7. The van der Waals surface area contributed by atoms with Crippen LogP contribution < -0.4 is 5.32 Å². The molecule has 2 N–H and O–H groups in total. The molecule has 0 spiro atoms. The maximum absolute atomic E-state index is 11.7. The molecule has 1 unspecified atom stereocenters. The monoisotopic (exact) mass is 397 g/mol. The van der Waals surface area contributed by atoms with Gasteiger partial charge in [0.2, 0.25) is 0 Å². The van der Waals surface area contributed by atoms with E-state index in [1.54, 1.807) is 19.1 Å². The van der Waals surface area contributed by atoms with Gasteiger partial charge in [0.15, 0.2) is 5.54 Å². The fourth-order valence-electron chi connectivity index (χ4n) is 1.90. The lowest BCUT2D eigenvalue weighted by Crippen LogP contribution is -2.40. The number of halogens is 2. The summed E-state index contributed by atoms with van der Waals surface area (Å²) in [7, 11) is 0. The van der Waals surface area contributed by atoms with E-state index >= 15 is 0 Å². The summed E-state index contributed by atoms with van der Waals surface area (Å²) in [6.45, 7) is 1.65. The maximum atomic E-state index is 11.7. The van der Waals surface area contributed by atoms with Crippen molar-refractivity contribution in [2.24, 2.45) is 0 Å². The van der Waals surface area contributed by atoms with Crippen LogP contribution >= 0.6 is 31.9 Å². The van der Waals surface area contributed by atoms with E-state index in [4.69, 9.17) is 0 Å². The molecule has 5 heteroatoms. The second-order valence-corrected chi connectivity index (χ2v) is 6.41. The highest BCUT2D eigenvalue weighted by Gasteiger charge is 2.35. The molecule has 2 aromatic carbocycles. The summed E-state index contributed by atoms with van der Waals surface area (Å²) in [5, 5.41) is 12.7. The third-order valence-electron chi connectivity index (χ3n) is 3.05. The Bertz CT molecular complexity index is 645. The molecule has 0 aliphatic carbocycles. The summed E-state index contributed by atoms with van der Waals surface area (Å²) < 4.78 is 1.74. The number of carboxylic acid groups (broad SMARTS) is 1. The van der Waals surface area contributed by atoms with Crippen molar-refractivity contribution in [3.05, 3.63) is 63.0 Å². The van der Waals surface area contributed by atoms with Crippen LogP contribution in [-0.4, -0.2) is 11.1 Å². The first kappa shape index (κ1) is 15.1. The van der Waals surface area contributed by atoms with Crippen LogP contribution in [0.3, 0.4) is 0 Å². The minimum Gasteiger partial charge on any atom is -0.479 e. The van der Waals surface area contributed by atoms with E-state index in [-0.39, 0.29) is 0 Å². The Morgan fingerprint density at radius 1 is 1.10 bits per heavy atom. The molecular formula is C15H13Br2NO2. The number of anilines is 1. The molecule has 0 aliphatic rings. The van der Waals surface area contributed by atoms with E-state index in [0.717, 1.165) is 14.6 Å². The average molecular weight is 399 g/mol. The van der Waals surface area contributed by atoms with Crippen LogP contribution in [0.2, 0.25) is 0 Å². The lowest BCUT2D eigenvalue weighted by molar-refractivity contribution is -0.142. The first-order valence-electron chi connectivity index (χ1n) is 5.95. The van der Waals surface area contributed by atoms with Crippen LogP contribution in [0, 0.1) is 0 Å². The number of hydrogen-bond acceptors (Lipinski definition) is 2. The molecule has 3 nitrogen and oxygen atoms in total. The lowest BCUT2D eigenvalue weighted by atomic mass is 9.91. The minimum atomic E-state index is -1.20. The fourth-order valence-corrected chi connectivity index (χ4v) is 2.70. The topological polar surface area (TPSA) is 49.3 Å². The number of aliphatic carboxylic acids is 1. The van der Waals surface area contributed by atoms with Crippen LogP contribution in [0.15, 0.2) is 57.5 Å². The van der Waals surface area contributed by atoms with E-state index in [1.807, 2.05) is 36.4 Å². The van der Waals surface area contributed by atoms with Crippen molar-refractivity contribution in [2.75, 3.05) is 5.32 Å². The Hall–Kier alpha value is -1.33. The van der Waals surface area contributed by atoms with Crippen LogP contribution in [0.4, 0.5) is 5.69 Å². The van der Waals surface area contributed by atoms with Gasteiger partial charge in [-0.2, -0.15) is 0 Å². The van der Waals surface area contributed by atoms with Gasteiger partial charge in [0.05, 0.1) is 0 Å². The summed E-state index contributed by atoms with van der Waals surface area (Å²) in [6.07, 6.45) is 0. The first-order valence-corrected chi connectivity index (χ1v) is 7.53. The molecule has 2 aromatic rings. The summed E-state index contributed by atoms with van der Waals surface area (Å²) in [6, 6.07) is 14.7. The predicted molar refractivity (Wildman–Crippen MR) is 86.9 cm³/mol. The molecule has 0 saturated carbocycles. The zero-order chi connectivity index (χ0) is 14.8. The number of hydrogen-bond donors (Lipinski definition) is 2. The number of nitrogens with one attached hydrogen (secondary N) is 1. The van der Waals surface area contributed by atoms with Gasteiger partial charge >= 0.3 is 5.97 Å². The zero-order valence-electron chi connectivity index (χ0n) is 10.7. The van der Waals surface area contributed by atoms with Crippen LogP contribution in [0.1, 0.15) is 12.5 Å². The number of rotatable bonds is 4. The van der Waals surface area contributed by atoms with Crippen molar-refractivity contribution in [2.45, 2.75) is 12.5 Å². The Balaban J connectivity index is 2.42. The van der Waals surface area contributed by atoms with Gasteiger partial charge in [-0.1, -0.05) is 50.1 Å². The lowest BCUT2D eigenvalue weighted by Gasteiger charge is -2.28. The van der Waals surface area contributed by atoms with Crippen LogP contribution in [0.5, 0.6) is 0 Å². The molecule has 0 heterocycles. The van der Waals surface area contributed by atoms with Gasteiger partial charge in [0.25, 0.3) is 0 Å². The van der Waals surface area contributed by atoms with Gasteiger partial charge < -0.3 is 10.4 Å². The minimum absolute atomic E-state index is 0.680. The van der Waals surface area contributed by atoms with E-state index < -0.39 is 11.5 Å². The van der Waals surface area contributed by atoms with Crippen molar-refractivity contribution < 1.29 is 9.90 Å². The Morgan fingerprint density at radius 2 is 1.70 bits per heavy atom. The van der Waals surface area contributed by atoms with E-state index in [0.29, 0.717) is 5.56 Å². The highest BCUT2D eigenvalue weighted by Crippen LogP contribution is 2.29. The fraction of sp³-hybridized carbons (Fsp3) is 0.133. The second kappa shape index (κ2) is 5.97. The van der Waals surface area contributed by atoms with Crippen molar-refractivity contribution >= 4 is 43.5 Å². The SMILES string of the molecule is CC(Nc1cccc(Br)c1)(C(=O)O)c1cccc(Br)c1. The molecule has 0 aromatic heterocycles. The Labute approximate surface area is 134 Å². The number of carboxylic acids is 1. The highest BCUT2D eigenvalue weighted by molar-refractivity contribution is 9.10. The smallest absolute Gasteiger partial charge is 0.333 e. The standard InChI is InChI=1S/C15H13Br2NO2/c1-15(14(19)20,10-4-2-5-11(16)8-10)18-13-7-3-6-12(17)9-13/h2-9,18H,1H3,(H,19,20). The largest absolute Gasteiger partial charge is 0.479 e. The third kappa shape index (κ3) is 3.22. The van der Waals surface area contributed by atoms with Crippen LogP contribution in [0.25, 0.3) is 0 Å². The summed E-state index contributed by atoms with van der Waals surface area (Å²) in [5.41, 5.74) is 0.216.